The summed E-state index contributed by atoms with van der Waals surface area (Å²) in [7, 11) is 0. The van der Waals surface area contributed by atoms with Crippen LogP contribution in [-0.2, 0) is 4.79 Å². The molecule has 0 aromatic carbocycles. The van der Waals surface area contributed by atoms with Crippen LogP contribution < -0.4 is 10.6 Å². The van der Waals surface area contributed by atoms with Crippen LogP contribution in [0.25, 0.3) is 0 Å². The number of nitrogens with one attached hydrogen (secondary N) is 2. The molecule has 0 aliphatic carbocycles. The van der Waals surface area contributed by atoms with E-state index in [-0.39, 0.29) is 17.9 Å². The van der Waals surface area contributed by atoms with E-state index in [9.17, 15) is 9.59 Å². The maximum Gasteiger partial charge on any atom is 0.251 e. The second-order valence-corrected chi connectivity index (χ2v) is 4.72. The molecule has 0 bridgehead atoms. The Morgan fingerprint density at radius 3 is 3.00 bits per heavy atom. The summed E-state index contributed by atoms with van der Waals surface area (Å²) in [6.07, 6.45) is 1.29. The van der Waals surface area contributed by atoms with Crippen molar-refractivity contribution in [2.24, 2.45) is 0 Å². The highest BCUT2D eigenvalue weighted by molar-refractivity contribution is 6.29. The number of aryl methyl sites for hydroxylation is 1. The first-order chi connectivity index (χ1) is 8.54. The van der Waals surface area contributed by atoms with E-state index in [1.54, 1.807) is 13.0 Å². The molecule has 96 valence electrons. The van der Waals surface area contributed by atoms with E-state index in [1.807, 2.05) is 0 Å². The summed E-state index contributed by atoms with van der Waals surface area (Å²) < 4.78 is 0. The molecule has 2 amide bonds. The minimum absolute atomic E-state index is 0.0276. The zero-order valence-electron chi connectivity index (χ0n) is 10.00. The predicted octanol–water partition coefficient (Wildman–Crippen LogP) is 1.05. The Morgan fingerprint density at radius 1 is 1.61 bits per heavy atom. The molecule has 5 nitrogen and oxygen atoms in total. The van der Waals surface area contributed by atoms with Gasteiger partial charge in [0.25, 0.3) is 5.91 Å². The van der Waals surface area contributed by atoms with Gasteiger partial charge in [0.15, 0.2) is 0 Å². The lowest BCUT2D eigenvalue weighted by Gasteiger charge is -2.11. The van der Waals surface area contributed by atoms with Gasteiger partial charge in [-0.2, -0.15) is 0 Å². The zero-order valence-corrected chi connectivity index (χ0v) is 10.8. The molecule has 1 aliphatic rings. The van der Waals surface area contributed by atoms with Gasteiger partial charge in [-0.25, -0.2) is 4.98 Å². The fourth-order valence-electron chi connectivity index (χ4n) is 1.91. The van der Waals surface area contributed by atoms with Gasteiger partial charge in [-0.15, -0.1) is 0 Å². The van der Waals surface area contributed by atoms with Crippen molar-refractivity contribution in [1.29, 1.82) is 0 Å². The summed E-state index contributed by atoms with van der Waals surface area (Å²) >= 11 is 5.79. The van der Waals surface area contributed by atoms with Crippen molar-refractivity contribution in [3.8, 4) is 0 Å². The third-order valence-corrected chi connectivity index (χ3v) is 2.97. The fourth-order valence-corrected chi connectivity index (χ4v) is 2.16. The Morgan fingerprint density at radius 2 is 2.39 bits per heavy atom. The minimum Gasteiger partial charge on any atom is -0.352 e. The lowest BCUT2D eigenvalue weighted by molar-refractivity contribution is -0.119. The van der Waals surface area contributed by atoms with Crippen LogP contribution in [-0.4, -0.2) is 29.4 Å². The van der Waals surface area contributed by atoms with E-state index in [1.165, 1.54) is 6.07 Å². The first kappa shape index (κ1) is 12.8. The van der Waals surface area contributed by atoms with Crippen molar-refractivity contribution in [3.63, 3.8) is 0 Å². The van der Waals surface area contributed by atoms with Gasteiger partial charge in [-0.1, -0.05) is 11.6 Å². The van der Waals surface area contributed by atoms with Crippen molar-refractivity contribution >= 4 is 23.4 Å². The van der Waals surface area contributed by atoms with Gasteiger partial charge < -0.3 is 10.6 Å². The van der Waals surface area contributed by atoms with E-state index in [0.717, 1.165) is 6.42 Å². The first-order valence-corrected chi connectivity index (χ1v) is 6.14. The highest BCUT2D eigenvalue weighted by atomic mass is 35.5. The molecular weight excluding hydrogens is 254 g/mol. The molecule has 2 heterocycles. The Labute approximate surface area is 110 Å². The molecule has 0 radical (unpaired) electrons. The third kappa shape index (κ3) is 3.20. The van der Waals surface area contributed by atoms with Crippen LogP contribution in [0.3, 0.4) is 0 Å². The molecule has 18 heavy (non-hydrogen) atoms. The number of hydrogen-bond acceptors (Lipinski definition) is 3. The van der Waals surface area contributed by atoms with Crippen molar-refractivity contribution < 1.29 is 9.59 Å². The molecule has 1 saturated heterocycles. The van der Waals surface area contributed by atoms with Crippen LogP contribution in [0.15, 0.2) is 12.1 Å². The monoisotopic (exact) mass is 267 g/mol. The second-order valence-electron chi connectivity index (χ2n) is 4.33. The van der Waals surface area contributed by atoms with Gasteiger partial charge in [-0.05, 0) is 25.5 Å². The normalized spacial score (nSPS) is 18.6. The molecule has 1 aliphatic heterocycles. The molecule has 1 aromatic rings. The molecular formula is C12H14ClN3O2. The van der Waals surface area contributed by atoms with E-state index in [2.05, 4.69) is 15.6 Å². The summed E-state index contributed by atoms with van der Waals surface area (Å²) in [6.45, 7) is 2.21. The maximum atomic E-state index is 11.9. The SMILES string of the molecule is Cc1cc(C(=O)NCC2CCC(=O)N2)cc(Cl)n1. The molecule has 1 aromatic heterocycles. The van der Waals surface area contributed by atoms with Crippen molar-refractivity contribution in [2.45, 2.75) is 25.8 Å². The number of pyridine rings is 1. The summed E-state index contributed by atoms with van der Waals surface area (Å²) in [5.74, 6) is -0.166. The van der Waals surface area contributed by atoms with E-state index < -0.39 is 0 Å². The van der Waals surface area contributed by atoms with Crippen LogP contribution >= 0.6 is 11.6 Å². The standard InChI is InChI=1S/C12H14ClN3O2/c1-7-4-8(5-10(13)15-7)12(18)14-6-9-2-3-11(17)16-9/h4-5,9H,2-3,6H2,1H3,(H,14,18)(H,16,17). The van der Waals surface area contributed by atoms with Crippen LogP contribution in [0.4, 0.5) is 0 Å². The number of nitrogens with zero attached hydrogens (tertiary/aromatic N) is 1. The van der Waals surface area contributed by atoms with Crippen LogP contribution in [0.2, 0.25) is 5.15 Å². The number of amides is 2. The van der Waals surface area contributed by atoms with E-state index >= 15 is 0 Å². The van der Waals surface area contributed by atoms with E-state index in [4.69, 9.17) is 11.6 Å². The molecule has 0 saturated carbocycles. The van der Waals surface area contributed by atoms with Crippen molar-refractivity contribution in [2.75, 3.05) is 6.54 Å². The Hall–Kier alpha value is -1.62. The summed E-state index contributed by atoms with van der Waals surface area (Å²) in [4.78, 5) is 26.9. The predicted molar refractivity (Wildman–Crippen MR) is 67.5 cm³/mol. The maximum absolute atomic E-state index is 11.9. The first-order valence-electron chi connectivity index (χ1n) is 5.76. The van der Waals surface area contributed by atoms with E-state index in [0.29, 0.717) is 29.4 Å². The second kappa shape index (κ2) is 5.35. The average Bonchev–Trinajstić information content (AvgIpc) is 2.70. The van der Waals surface area contributed by atoms with Gasteiger partial charge in [0.2, 0.25) is 5.91 Å². The van der Waals surface area contributed by atoms with Gasteiger partial charge >= 0.3 is 0 Å². The fraction of sp³-hybridized carbons (Fsp3) is 0.417. The largest absolute Gasteiger partial charge is 0.352 e. The molecule has 1 unspecified atom stereocenters. The van der Waals surface area contributed by atoms with Crippen LogP contribution in [0.1, 0.15) is 28.9 Å². The van der Waals surface area contributed by atoms with Crippen LogP contribution in [0, 0.1) is 6.92 Å². The Balaban J connectivity index is 1.93. The quantitative estimate of drug-likeness (QED) is 0.804. The number of aromatic nitrogens is 1. The van der Waals surface area contributed by atoms with Gasteiger partial charge in [0, 0.05) is 30.3 Å². The Kier molecular flexibility index (Phi) is 3.81. The lowest BCUT2D eigenvalue weighted by atomic mass is 10.2. The number of halogens is 1. The smallest absolute Gasteiger partial charge is 0.251 e. The summed E-state index contributed by atoms with van der Waals surface area (Å²) in [5, 5.41) is 5.87. The van der Waals surface area contributed by atoms with Crippen molar-refractivity contribution in [3.05, 3.63) is 28.5 Å². The third-order valence-electron chi connectivity index (χ3n) is 2.78. The number of carbonyl (C=O) groups is 2. The Bertz CT molecular complexity index is 470. The van der Waals surface area contributed by atoms with Gasteiger partial charge in [-0.3, -0.25) is 9.59 Å². The minimum atomic E-state index is -0.205. The highest BCUT2D eigenvalue weighted by Gasteiger charge is 2.21. The molecule has 2 N–H and O–H groups in total. The van der Waals surface area contributed by atoms with Gasteiger partial charge in [0.1, 0.15) is 5.15 Å². The molecule has 1 atom stereocenters. The number of rotatable bonds is 3. The molecule has 0 spiro atoms. The van der Waals surface area contributed by atoms with Crippen molar-refractivity contribution in [1.82, 2.24) is 15.6 Å². The highest BCUT2D eigenvalue weighted by Crippen LogP contribution is 2.11. The topological polar surface area (TPSA) is 71.1 Å². The zero-order chi connectivity index (χ0) is 13.1. The van der Waals surface area contributed by atoms with Crippen LogP contribution in [0.5, 0.6) is 0 Å². The molecule has 1 fully saturated rings. The summed E-state index contributed by atoms with van der Waals surface area (Å²) in [5.41, 5.74) is 1.18. The molecule has 6 heteroatoms. The lowest BCUT2D eigenvalue weighted by Crippen LogP contribution is -2.38. The number of hydrogen-bond donors (Lipinski definition) is 2. The van der Waals surface area contributed by atoms with Gasteiger partial charge in [0.05, 0.1) is 0 Å². The average molecular weight is 268 g/mol. The summed E-state index contributed by atoms with van der Waals surface area (Å²) in [6, 6.07) is 3.23. The number of carbonyl (C=O) groups excluding carboxylic acids is 2. The molecule has 2 rings (SSSR count).